The summed E-state index contributed by atoms with van der Waals surface area (Å²) >= 11 is 6.01. The van der Waals surface area contributed by atoms with Gasteiger partial charge in [-0.2, -0.15) is 0 Å². The first kappa shape index (κ1) is 21.1. The molecule has 0 fully saturated rings. The number of carbonyl (C=O) groups is 1. The van der Waals surface area contributed by atoms with Crippen molar-refractivity contribution in [2.45, 2.75) is 23.3 Å². The second-order valence-electron chi connectivity index (χ2n) is 7.10. The zero-order valence-electron chi connectivity index (χ0n) is 16.5. The number of hydrogen-bond acceptors (Lipinski definition) is 3. The Balaban J connectivity index is 1.71. The molecule has 3 aromatic carbocycles. The van der Waals surface area contributed by atoms with Crippen molar-refractivity contribution in [2.24, 2.45) is 0 Å². The van der Waals surface area contributed by atoms with Crippen LogP contribution < -0.4 is 5.32 Å². The molecule has 0 aliphatic rings. The van der Waals surface area contributed by atoms with E-state index in [1.807, 2.05) is 6.92 Å². The average molecular weight is 457 g/mol. The van der Waals surface area contributed by atoms with E-state index in [4.69, 9.17) is 11.6 Å². The van der Waals surface area contributed by atoms with Crippen LogP contribution in [0, 0.1) is 12.7 Å². The smallest absolute Gasteiger partial charge is 0.244 e. The summed E-state index contributed by atoms with van der Waals surface area (Å²) in [6.45, 7) is 1.76. The minimum absolute atomic E-state index is 0.0178. The van der Waals surface area contributed by atoms with Gasteiger partial charge in [-0.3, -0.25) is 4.79 Å². The molecule has 1 amide bonds. The summed E-state index contributed by atoms with van der Waals surface area (Å²) in [5.74, 6) is -0.841. The molecule has 158 valence electrons. The second-order valence-corrected chi connectivity index (χ2v) is 9.46. The van der Waals surface area contributed by atoms with Crippen molar-refractivity contribution in [1.82, 2.24) is 4.57 Å². The molecule has 4 aromatic rings. The number of carbonyl (C=O) groups excluding carboxylic acids is 1. The molecule has 0 saturated carbocycles. The fraction of sp³-hybridized carbons (Fsp3) is 0.0870. The number of fused-ring (bicyclic) bond motifs is 1. The van der Waals surface area contributed by atoms with Crippen molar-refractivity contribution in [3.63, 3.8) is 0 Å². The minimum Gasteiger partial charge on any atom is -0.337 e. The molecule has 8 heteroatoms. The summed E-state index contributed by atoms with van der Waals surface area (Å²) in [6, 6.07) is 16.8. The zero-order chi connectivity index (χ0) is 22.2. The highest BCUT2D eigenvalue weighted by molar-refractivity contribution is 7.91. The van der Waals surface area contributed by atoms with Gasteiger partial charge in [-0.15, -0.1) is 0 Å². The second kappa shape index (κ2) is 8.17. The van der Waals surface area contributed by atoms with E-state index in [0.717, 1.165) is 17.7 Å². The van der Waals surface area contributed by atoms with Crippen molar-refractivity contribution < 1.29 is 17.6 Å². The highest BCUT2D eigenvalue weighted by Gasteiger charge is 2.24. The van der Waals surface area contributed by atoms with Crippen molar-refractivity contribution in [3.8, 4) is 0 Å². The molecule has 0 aliphatic carbocycles. The molecular weight excluding hydrogens is 439 g/mol. The van der Waals surface area contributed by atoms with Gasteiger partial charge in [0.1, 0.15) is 12.4 Å². The van der Waals surface area contributed by atoms with Crippen LogP contribution >= 0.6 is 11.6 Å². The number of aromatic nitrogens is 1. The first-order chi connectivity index (χ1) is 14.8. The van der Waals surface area contributed by atoms with Gasteiger partial charge in [-0.05, 0) is 55.0 Å². The normalized spacial score (nSPS) is 11.6. The predicted molar refractivity (Wildman–Crippen MR) is 119 cm³/mol. The lowest BCUT2D eigenvalue weighted by atomic mass is 10.2. The molecule has 1 heterocycles. The van der Waals surface area contributed by atoms with Crippen LogP contribution in [0.2, 0.25) is 5.02 Å². The standard InChI is InChI=1S/C23H18ClFN2O3S/c1-15-6-7-16(24)12-20(15)26-23(28)14-27-13-22(19-4-2-3-5-21(19)27)31(29,30)18-10-8-17(25)9-11-18/h2-13H,14H2,1H3,(H,26,28). The van der Waals surface area contributed by atoms with Gasteiger partial charge in [0.15, 0.2) is 0 Å². The van der Waals surface area contributed by atoms with Crippen molar-refractivity contribution in [1.29, 1.82) is 0 Å². The monoisotopic (exact) mass is 456 g/mol. The van der Waals surface area contributed by atoms with E-state index >= 15 is 0 Å². The summed E-state index contributed by atoms with van der Waals surface area (Å²) < 4.78 is 41.2. The molecule has 1 N–H and O–H groups in total. The first-order valence-electron chi connectivity index (χ1n) is 9.40. The third-order valence-corrected chi connectivity index (χ3v) is 6.99. The SMILES string of the molecule is Cc1ccc(Cl)cc1NC(=O)Cn1cc(S(=O)(=O)c2ccc(F)cc2)c2ccccc21. The summed E-state index contributed by atoms with van der Waals surface area (Å²) in [6.07, 6.45) is 1.44. The van der Waals surface area contributed by atoms with Gasteiger partial charge in [0.2, 0.25) is 15.7 Å². The zero-order valence-corrected chi connectivity index (χ0v) is 18.0. The Morgan fingerprint density at radius 1 is 1.06 bits per heavy atom. The number of anilines is 1. The molecule has 0 unspecified atom stereocenters. The maximum absolute atomic E-state index is 13.3. The van der Waals surface area contributed by atoms with Crippen LogP contribution in [0.3, 0.4) is 0 Å². The maximum atomic E-state index is 13.3. The lowest BCUT2D eigenvalue weighted by molar-refractivity contribution is -0.116. The van der Waals surface area contributed by atoms with Crippen LogP contribution in [-0.4, -0.2) is 18.9 Å². The van der Waals surface area contributed by atoms with Gasteiger partial charge in [-0.1, -0.05) is 35.9 Å². The Labute approximate surface area is 184 Å². The molecule has 31 heavy (non-hydrogen) atoms. The summed E-state index contributed by atoms with van der Waals surface area (Å²) in [4.78, 5) is 12.7. The Bertz CT molecular complexity index is 1400. The van der Waals surface area contributed by atoms with E-state index in [-0.39, 0.29) is 22.2 Å². The van der Waals surface area contributed by atoms with Gasteiger partial charge in [0, 0.05) is 27.8 Å². The van der Waals surface area contributed by atoms with E-state index < -0.39 is 15.7 Å². The molecule has 0 spiro atoms. The topological polar surface area (TPSA) is 68.2 Å². The fourth-order valence-corrected chi connectivity index (χ4v) is 5.02. The Kier molecular flexibility index (Phi) is 5.56. The predicted octanol–water partition coefficient (Wildman–Crippen LogP) is 5.21. The fourth-order valence-electron chi connectivity index (χ4n) is 3.37. The van der Waals surface area contributed by atoms with Crippen LogP contribution in [0.15, 0.2) is 82.7 Å². The highest BCUT2D eigenvalue weighted by atomic mass is 35.5. The number of nitrogens with zero attached hydrogens (tertiary/aromatic N) is 1. The molecular formula is C23H18ClFN2O3S. The van der Waals surface area contributed by atoms with E-state index in [2.05, 4.69) is 5.32 Å². The largest absolute Gasteiger partial charge is 0.337 e. The molecule has 0 radical (unpaired) electrons. The van der Waals surface area contributed by atoms with Crippen LogP contribution in [0.4, 0.5) is 10.1 Å². The third-order valence-electron chi connectivity index (χ3n) is 4.95. The molecule has 0 saturated heterocycles. The molecule has 0 atom stereocenters. The van der Waals surface area contributed by atoms with Crippen molar-refractivity contribution in [3.05, 3.63) is 89.3 Å². The van der Waals surface area contributed by atoms with E-state index in [0.29, 0.717) is 21.6 Å². The number of benzene rings is 3. The molecule has 4 rings (SSSR count). The summed E-state index contributed by atoms with van der Waals surface area (Å²) in [7, 11) is -3.91. The number of amides is 1. The van der Waals surface area contributed by atoms with Gasteiger partial charge in [0.05, 0.1) is 9.79 Å². The lowest BCUT2D eigenvalue weighted by Crippen LogP contribution is -2.18. The van der Waals surface area contributed by atoms with Crippen LogP contribution in [0.5, 0.6) is 0 Å². The van der Waals surface area contributed by atoms with Crippen molar-refractivity contribution in [2.75, 3.05) is 5.32 Å². The molecule has 1 aromatic heterocycles. The quantitative estimate of drug-likeness (QED) is 0.419. The van der Waals surface area contributed by atoms with E-state index in [9.17, 15) is 17.6 Å². The number of sulfone groups is 1. The Morgan fingerprint density at radius 3 is 2.52 bits per heavy atom. The van der Waals surface area contributed by atoms with Gasteiger partial charge < -0.3 is 9.88 Å². The summed E-state index contributed by atoms with van der Waals surface area (Å²) in [5.41, 5.74) is 2.05. The highest BCUT2D eigenvalue weighted by Crippen LogP contribution is 2.30. The number of aryl methyl sites for hydroxylation is 1. The van der Waals surface area contributed by atoms with Gasteiger partial charge >= 0.3 is 0 Å². The third kappa shape index (κ3) is 4.19. The number of rotatable bonds is 5. The molecule has 0 bridgehead atoms. The van der Waals surface area contributed by atoms with Crippen LogP contribution in [0.25, 0.3) is 10.9 Å². The van der Waals surface area contributed by atoms with Gasteiger partial charge in [0.25, 0.3) is 0 Å². The van der Waals surface area contributed by atoms with Crippen LogP contribution in [-0.2, 0) is 21.2 Å². The molecule has 0 aliphatic heterocycles. The van der Waals surface area contributed by atoms with Crippen molar-refractivity contribution >= 4 is 43.9 Å². The van der Waals surface area contributed by atoms with E-state index in [1.54, 1.807) is 47.0 Å². The van der Waals surface area contributed by atoms with Gasteiger partial charge in [-0.25, -0.2) is 12.8 Å². The van der Waals surface area contributed by atoms with E-state index in [1.165, 1.54) is 18.3 Å². The van der Waals surface area contributed by atoms with Crippen LogP contribution in [0.1, 0.15) is 5.56 Å². The number of hydrogen-bond donors (Lipinski definition) is 1. The molecule has 5 nitrogen and oxygen atoms in total. The Morgan fingerprint density at radius 2 is 1.77 bits per heavy atom. The summed E-state index contributed by atoms with van der Waals surface area (Å²) in [5, 5.41) is 3.80. The first-order valence-corrected chi connectivity index (χ1v) is 11.3. The average Bonchev–Trinajstić information content (AvgIpc) is 3.10. The Hall–Kier alpha value is -3.16. The minimum atomic E-state index is -3.91. The lowest BCUT2D eigenvalue weighted by Gasteiger charge is -2.10. The number of halogens is 2. The number of nitrogens with one attached hydrogen (secondary N) is 1. The maximum Gasteiger partial charge on any atom is 0.244 e. The number of para-hydroxylation sites is 1.